The van der Waals surface area contributed by atoms with E-state index in [0.717, 1.165) is 11.3 Å². The molecule has 0 aromatic heterocycles. The molecular weight excluding hydrogens is 252 g/mol. The van der Waals surface area contributed by atoms with Gasteiger partial charge in [-0.1, -0.05) is 13.0 Å². The highest BCUT2D eigenvalue weighted by Gasteiger charge is 2.39. The average molecular weight is 274 g/mol. The van der Waals surface area contributed by atoms with Gasteiger partial charge in [-0.2, -0.15) is 0 Å². The lowest BCUT2D eigenvalue weighted by molar-refractivity contribution is -0.129. The summed E-state index contributed by atoms with van der Waals surface area (Å²) in [5, 5.41) is 2.85. The SMILES string of the molecule is CCC1(C)NC(=O)CCN(c2ccc(C)c(C)c2)C1=O. The Morgan fingerprint density at radius 1 is 1.25 bits per heavy atom. The van der Waals surface area contributed by atoms with Crippen molar-refractivity contribution in [3.63, 3.8) is 0 Å². The molecule has 2 amide bonds. The minimum atomic E-state index is -0.813. The van der Waals surface area contributed by atoms with Crippen molar-refractivity contribution in [3.05, 3.63) is 29.3 Å². The number of rotatable bonds is 2. The summed E-state index contributed by atoms with van der Waals surface area (Å²) < 4.78 is 0. The highest BCUT2D eigenvalue weighted by atomic mass is 16.2. The summed E-state index contributed by atoms with van der Waals surface area (Å²) in [6.45, 7) is 8.23. The van der Waals surface area contributed by atoms with E-state index in [2.05, 4.69) is 5.32 Å². The zero-order valence-electron chi connectivity index (χ0n) is 12.6. The lowest BCUT2D eigenvalue weighted by Crippen LogP contribution is -2.54. The monoisotopic (exact) mass is 274 g/mol. The van der Waals surface area contributed by atoms with Gasteiger partial charge in [0.2, 0.25) is 5.91 Å². The number of carbonyl (C=O) groups excluding carboxylic acids is 2. The average Bonchev–Trinajstić information content (AvgIpc) is 2.52. The molecule has 0 spiro atoms. The predicted octanol–water partition coefficient (Wildman–Crippen LogP) is 2.33. The predicted molar refractivity (Wildman–Crippen MR) is 79.7 cm³/mol. The summed E-state index contributed by atoms with van der Waals surface area (Å²) in [5.74, 6) is -0.0943. The van der Waals surface area contributed by atoms with Crippen molar-refractivity contribution >= 4 is 17.5 Å². The van der Waals surface area contributed by atoms with Crippen LogP contribution in [0.2, 0.25) is 0 Å². The molecule has 20 heavy (non-hydrogen) atoms. The third-order valence-electron chi connectivity index (χ3n) is 4.20. The molecule has 1 aromatic carbocycles. The highest BCUT2D eigenvalue weighted by molar-refractivity contribution is 6.04. The number of amides is 2. The molecule has 0 radical (unpaired) electrons. The van der Waals surface area contributed by atoms with E-state index in [9.17, 15) is 9.59 Å². The van der Waals surface area contributed by atoms with Crippen LogP contribution in [0.25, 0.3) is 0 Å². The summed E-state index contributed by atoms with van der Waals surface area (Å²) in [5.41, 5.74) is 2.40. The van der Waals surface area contributed by atoms with E-state index in [1.165, 1.54) is 5.56 Å². The van der Waals surface area contributed by atoms with Crippen molar-refractivity contribution in [2.45, 2.75) is 46.1 Å². The maximum Gasteiger partial charge on any atom is 0.252 e. The molecule has 0 aliphatic carbocycles. The van der Waals surface area contributed by atoms with Gasteiger partial charge in [-0.3, -0.25) is 9.59 Å². The van der Waals surface area contributed by atoms with Crippen molar-refractivity contribution in [1.29, 1.82) is 0 Å². The van der Waals surface area contributed by atoms with Crippen molar-refractivity contribution in [1.82, 2.24) is 5.32 Å². The van der Waals surface area contributed by atoms with Crippen LogP contribution in [0.1, 0.15) is 37.8 Å². The molecular formula is C16H22N2O2. The summed E-state index contributed by atoms with van der Waals surface area (Å²) in [7, 11) is 0. The van der Waals surface area contributed by atoms with E-state index < -0.39 is 5.54 Å². The van der Waals surface area contributed by atoms with Crippen LogP contribution in [0, 0.1) is 13.8 Å². The van der Waals surface area contributed by atoms with Crippen molar-refractivity contribution < 1.29 is 9.59 Å². The molecule has 108 valence electrons. The quantitative estimate of drug-likeness (QED) is 0.899. The normalized spacial score (nSPS) is 23.5. The first-order valence-electron chi connectivity index (χ1n) is 7.07. The Labute approximate surface area is 120 Å². The molecule has 0 saturated carbocycles. The summed E-state index contributed by atoms with van der Waals surface area (Å²) in [4.78, 5) is 26.3. The van der Waals surface area contributed by atoms with E-state index in [-0.39, 0.29) is 11.8 Å². The third kappa shape index (κ3) is 2.55. The molecule has 1 unspecified atom stereocenters. The van der Waals surface area contributed by atoms with Gasteiger partial charge in [0.05, 0.1) is 0 Å². The van der Waals surface area contributed by atoms with Crippen LogP contribution in [-0.4, -0.2) is 23.9 Å². The Bertz CT molecular complexity index is 553. The Hall–Kier alpha value is -1.84. The first kappa shape index (κ1) is 14.6. The topological polar surface area (TPSA) is 49.4 Å². The molecule has 4 nitrogen and oxygen atoms in total. The molecule has 0 bridgehead atoms. The fourth-order valence-corrected chi connectivity index (χ4v) is 2.42. The smallest absolute Gasteiger partial charge is 0.252 e. The maximum absolute atomic E-state index is 12.8. The van der Waals surface area contributed by atoms with Gasteiger partial charge >= 0.3 is 0 Å². The second-order valence-corrected chi connectivity index (χ2v) is 5.71. The van der Waals surface area contributed by atoms with E-state index in [1.807, 2.05) is 39.0 Å². The van der Waals surface area contributed by atoms with Crippen molar-refractivity contribution in [2.75, 3.05) is 11.4 Å². The number of aryl methyl sites for hydroxylation is 2. The largest absolute Gasteiger partial charge is 0.342 e. The van der Waals surface area contributed by atoms with E-state index in [4.69, 9.17) is 0 Å². The standard InChI is InChI=1S/C16H22N2O2/c1-5-16(4)15(20)18(9-8-14(19)17-16)13-7-6-11(2)12(3)10-13/h6-7,10H,5,8-9H2,1-4H3,(H,17,19). The fourth-order valence-electron chi connectivity index (χ4n) is 2.42. The minimum Gasteiger partial charge on any atom is -0.342 e. The summed E-state index contributed by atoms with van der Waals surface area (Å²) in [6.07, 6.45) is 0.924. The number of carbonyl (C=O) groups is 2. The van der Waals surface area contributed by atoms with Gasteiger partial charge in [0, 0.05) is 18.7 Å². The second kappa shape index (κ2) is 5.27. The van der Waals surface area contributed by atoms with Crippen LogP contribution < -0.4 is 10.2 Å². The van der Waals surface area contributed by atoms with Crippen molar-refractivity contribution in [3.8, 4) is 0 Å². The van der Waals surface area contributed by atoms with Gasteiger partial charge in [0.1, 0.15) is 5.54 Å². The Kier molecular flexibility index (Phi) is 3.84. The van der Waals surface area contributed by atoms with E-state index >= 15 is 0 Å². The lowest BCUT2D eigenvalue weighted by atomic mass is 9.96. The first-order chi connectivity index (χ1) is 9.37. The number of anilines is 1. The number of nitrogens with zero attached hydrogens (tertiary/aromatic N) is 1. The molecule has 4 heteroatoms. The first-order valence-corrected chi connectivity index (χ1v) is 7.07. The van der Waals surface area contributed by atoms with Gasteiger partial charge in [0.15, 0.2) is 0 Å². The van der Waals surface area contributed by atoms with Crippen LogP contribution in [0.4, 0.5) is 5.69 Å². The second-order valence-electron chi connectivity index (χ2n) is 5.71. The molecule has 1 saturated heterocycles. The van der Waals surface area contributed by atoms with Gasteiger partial charge in [-0.05, 0) is 50.5 Å². The number of benzene rings is 1. The Morgan fingerprint density at radius 2 is 1.95 bits per heavy atom. The number of hydrogen-bond acceptors (Lipinski definition) is 2. The van der Waals surface area contributed by atoms with Gasteiger partial charge < -0.3 is 10.2 Å². The van der Waals surface area contributed by atoms with Gasteiger partial charge in [-0.25, -0.2) is 0 Å². The van der Waals surface area contributed by atoms with E-state index in [0.29, 0.717) is 19.4 Å². The molecule has 1 N–H and O–H groups in total. The number of nitrogens with one attached hydrogen (secondary N) is 1. The van der Waals surface area contributed by atoms with Crippen LogP contribution >= 0.6 is 0 Å². The van der Waals surface area contributed by atoms with Gasteiger partial charge in [-0.15, -0.1) is 0 Å². The Morgan fingerprint density at radius 3 is 2.55 bits per heavy atom. The maximum atomic E-state index is 12.8. The van der Waals surface area contributed by atoms with Gasteiger partial charge in [0.25, 0.3) is 5.91 Å². The zero-order valence-corrected chi connectivity index (χ0v) is 12.6. The van der Waals surface area contributed by atoms with E-state index in [1.54, 1.807) is 11.8 Å². The molecule has 1 fully saturated rings. The van der Waals surface area contributed by atoms with Crippen LogP contribution in [0.3, 0.4) is 0 Å². The fraction of sp³-hybridized carbons (Fsp3) is 0.500. The Balaban J connectivity index is 2.41. The molecule has 1 aliphatic rings. The lowest BCUT2D eigenvalue weighted by Gasteiger charge is -2.31. The molecule has 1 heterocycles. The van der Waals surface area contributed by atoms with Crippen LogP contribution in [0.5, 0.6) is 0 Å². The molecule has 1 aromatic rings. The highest BCUT2D eigenvalue weighted by Crippen LogP contribution is 2.25. The van der Waals surface area contributed by atoms with Crippen LogP contribution in [-0.2, 0) is 9.59 Å². The molecule has 2 rings (SSSR count). The van der Waals surface area contributed by atoms with Crippen molar-refractivity contribution in [2.24, 2.45) is 0 Å². The minimum absolute atomic E-state index is 0.0332. The van der Waals surface area contributed by atoms with Crippen LogP contribution in [0.15, 0.2) is 18.2 Å². The third-order valence-corrected chi connectivity index (χ3v) is 4.20. The zero-order chi connectivity index (χ0) is 14.9. The molecule has 1 aliphatic heterocycles. The summed E-state index contributed by atoms with van der Waals surface area (Å²) >= 11 is 0. The number of hydrogen-bond donors (Lipinski definition) is 1. The summed E-state index contributed by atoms with van der Waals surface area (Å²) in [6, 6.07) is 5.98. The molecule has 1 atom stereocenters.